The number of anilines is 1. The number of carbonyl (C=O) groups excluding carboxylic acids is 1. The van der Waals surface area contributed by atoms with Crippen molar-refractivity contribution in [3.05, 3.63) is 70.4 Å². The van der Waals surface area contributed by atoms with E-state index in [0.29, 0.717) is 50.1 Å². The van der Waals surface area contributed by atoms with E-state index in [4.69, 9.17) is 4.74 Å². The Morgan fingerprint density at radius 2 is 1.90 bits per heavy atom. The molecule has 1 aromatic carbocycles. The molecule has 2 aromatic heterocycles. The molecule has 1 fully saturated rings. The molecule has 0 spiro atoms. The number of rotatable bonds is 3. The second-order valence-corrected chi connectivity index (χ2v) is 7.70. The Morgan fingerprint density at radius 3 is 2.61 bits per heavy atom. The third kappa shape index (κ3) is 3.68. The van der Waals surface area contributed by atoms with Crippen LogP contribution in [0.15, 0.2) is 53.7 Å². The fourth-order valence-electron chi connectivity index (χ4n) is 4.06. The third-order valence-corrected chi connectivity index (χ3v) is 5.73. The number of hydrogen-bond donors (Lipinski definition) is 0. The summed E-state index contributed by atoms with van der Waals surface area (Å²) in [6, 6.07) is 11.2. The number of amides is 1. The van der Waals surface area contributed by atoms with Crippen molar-refractivity contribution in [3.63, 3.8) is 0 Å². The average molecular weight is 418 g/mol. The second-order valence-electron chi connectivity index (χ2n) is 7.70. The Bertz CT molecular complexity index is 1150. The van der Waals surface area contributed by atoms with Crippen LogP contribution in [0.2, 0.25) is 0 Å². The van der Waals surface area contributed by atoms with E-state index < -0.39 is 6.10 Å². The molecule has 9 nitrogen and oxygen atoms in total. The van der Waals surface area contributed by atoms with E-state index in [1.54, 1.807) is 19.3 Å². The molecule has 3 aromatic rings. The minimum Gasteiger partial charge on any atom is -0.365 e. The van der Waals surface area contributed by atoms with Crippen molar-refractivity contribution in [2.24, 2.45) is 7.05 Å². The third-order valence-electron chi connectivity index (χ3n) is 5.73. The zero-order valence-electron chi connectivity index (χ0n) is 17.1. The summed E-state index contributed by atoms with van der Waals surface area (Å²) < 4.78 is 7.31. The van der Waals surface area contributed by atoms with Gasteiger partial charge in [0, 0.05) is 38.9 Å². The lowest BCUT2D eigenvalue weighted by Crippen LogP contribution is -2.51. The molecule has 1 amide bonds. The van der Waals surface area contributed by atoms with Gasteiger partial charge >= 0.3 is 0 Å². The van der Waals surface area contributed by atoms with E-state index in [-0.39, 0.29) is 11.5 Å². The van der Waals surface area contributed by atoms with Crippen molar-refractivity contribution >= 4 is 11.9 Å². The van der Waals surface area contributed by atoms with Gasteiger partial charge < -0.3 is 14.5 Å². The zero-order chi connectivity index (χ0) is 21.4. The highest BCUT2D eigenvalue weighted by Gasteiger charge is 2.34. The fourth-order valence-corrected chi connectivity index (χ4v) is 4.06. The smallest absolute Gasteiger partial charge is 0.255 e. The summed E-state index contributed by atoms with van der Waals surface area (Å²) in [5, 5.41) is 0. The number of nitrogens with zero attached hydrogens (tertiary/aromatic N) is 6. The van der Waals surface area contributed by atoms with Gasteiger partial charge in [0.05, 0.1) is 24.5 Å². The van der Waals surface area contributed by atoms with Gasteiger partial charge in [0.25, 0.3) is 11.5 Å². The van der Waals surface area contributed by atoms with Crippen LogP contribution in [0.4, 0.5) is 5.95 Å². The van der Waals surface area contributed by atoms with E-state index >= 15 is 0 Å². The molecule has 1 unspecified atom stereocenters. The molecule has 0 radical (unpaired) electrons. The number of hydrogen-bond acceptors (Lipinski definition) is 7. The first-order valence-electron chi connectivity index (χ1n) is 10.2. The summed E-state index contributed by atoms with van der Waals surface area (Å²) in [4.78, 5) is 42.3. The van der Waals surface area contributed by atoms with Crippen LogP contribution in [0.25, 0.3) is 11.4 Å². The minimum atomic E-state index is -0.609. The number of aromatic nitrogens is 4. The number of benzene rings is 1. The second kappa shape index (κ2) is 7.92. The van der Waals surface area contributed by atoms with Crippen LogP contribution in [-0.4, -0.2) is 56.1 Å². The summed E-state index contributed by atoms with van der Waals surface area (Å²) in [5.74, 6) is 0.449. The first-order chi connectivity index (χ1) is 15.1. The van der Waals surface area contributed by atoms with Gasteiger partial charge in [0.2, 0.25) is 5.95 Å². The Morgan fingerprint density at radius 1 is 1.13 bits per heavy atom. The number of ether oxygens (including phenoxy) is 1. The van der Waals surface area contributed by atoms with Crippen LogP contribution in [-0.2, 0) is 29.7 Å². The Kier molecular flexibility index (Phi) is 4.95. The predicted molar refractivity (Wildman–Crippen MR) is 113 cm³/mol. The number of carbonyl (C=O) groups is 1. The summed E-state index contributed by atoms with van der Waals surface area (Å²) in [6.07, 6.45) is 2.42. The van der Waals surface area contributed by atoms with Gasteiger partial charge in [0.1, 0.15) is 6.33 Å². The SMILES string of the molecule is Cn1c(N2CCOC(C(=O)N3Cc4ccccc4C3)C2)nc(-c2ccncn2)cc1=O. The monoisotopic (exact) mass is 418 g/mol. The van der Waals surface area contributed by atoms with Crippen molar-refractivity contribution in [2.75, 3.05) is 24.6 Å². The van der Waals surface area contributed by atoms with Crippen molar-refractivity contribution < 1.29 is 9.53 Å². The minimum absolute atomic E-state index is 0.0437. The fraction of sp³-hybridized carbons (Fsp3) is 0.318. The molecule has 5 rings (SSSR count). The van der Waals surface area contributed by atoms with Crippen molar-refractivity contribution in [1.29, 1.82) is 0 Å². The molecule has 1 atom stereocenters. The van der Waals surface area contributed by atoms with Crippen molar-refractivity contribution in [3.8, 4) is 11.4 Å². The highest BCUT2D eigenvalue weighted by Crippen LogP contribution is 2.25. The van der Waals surface area contributed by atoms with Crippen LogP contribution in [0, 0.1) is 0 Å². The first-order valence-corrected chi connectivity index (χ1v) is 10.2. The molecule has 1 saturated heterocycles. The molecule has 0 aliphatic carbocycles. The normalized spacial score (nSPS) is 18.2. The van der Waals surface area contributed by atoms with Gasteiger partial charge in [-0.25, -0.2) is 15.0 Å². The Balaban J connectivity index is 1.38. The Labute approximate surface area is 178 Å². The maximum atomic E-state index is 13.2. The summed E-state index contributed by atoms with van der Waals surface area (Å²) in [5.41, 5.74) is 3.20. The highest BCUT2D eigenvalue weighted by atomic mass is 16.5. The topological polar surface area (TPSA) is 93.4 Å². The highest BCUT2D eigenvalue weighted by molar-refractivity contribution is 5.82. The average Bonchev–Trinajstić information content (AvgIpc) is 3.25. The van der Waals surface area contributed by atoms with Crippen molar-refractivity contribution in [2.45, 2.75) is 19.2 Å². The molecule has 0 N–H and O–H groups in total. The summed E-state index contributed by atoms with van der Waals surface area (Å²) in [7, 11) is 1.68. The van der Waals surface area contributed by atoms with Gasteiger partial charge in [-0.1, -0.05) is 24.3 Å². The maximum Gasteiger partial charge on any atom is 0.255 e. The van der Waals surface area contributed by atoms with Crippen LogP contribution in [0.5, 0.6) is 0 Å². The quantitative estimate of drug-likeness (QED) is 0.626. The van der Waals surface area contributed by atoms with Crippen LogP contribution >= 0.6 is 0 Å². The number of morpholine rings is 1. The lowest BCUT2D eigenvalue weighted by Gasteiger charge is -2.35. The van der Waals surface area contributed by atoms with Gasteiger partial charge in [-0.2, -0.15) is 0 Å². The van der Waals surface area contributed by atoms with Crippen LogP contribution < -0.4 is 10.5 Å². The predicted octanol–water partition coefficient (Wildman–Crippen LogP) is 0.985. The van der Waals surface area contributed by atoms with Gasteiger partial charge in [-0.05, 0) is 17.2 Å². The molecule has 158 valence electrons. The van der Waals surface area contributed by atoms with Gasteiger partial charge in [-0.15, -0.1) is 0 Å². The van der Waals surface area contributed by atoms with E-state index in [0.717, 1.165) is 0 Å². The first kappa shape index (κ1) is 19.4. The van der Waals surface area contributed by atoms with Crippen LogP contribution in [0.3, 0.4) is 0 Å². The summed E-state index contributed by atoms with van der Waals surface area (Å²) >= 11 is 0. The van der Waals surface area contributed by atoms with E-state index in [2.05, 4.69) is 27.1 Å². The van der Waals surface area contributed by atoms with E-state index in [1.165, 1.54) is 28.1 Å². The zero-order valence-corrected chi connectivity index (χ0v) is 17.1. The molecule has 31 heavy (non-hydrogen) atoms. The summed E-state index contributed by atoms with van der Waals surface area (Å²) in [6.45, 7) is 2.44. The molecule has 2 aliphatic heterocycles. The lowest BCUT2D eigenvalue weighted by atomic mass is 10.1. The largest absolute Gasteiger partial charge is 0.365 e. The molecule has 0 bridgehead atoms. The lowest BCUT2D eigenvalue weighted by molar-refractivity contribution is -0.145. The maximum absolute atomic E-state index is 13.2. The molecular formula is C22H22N6O3. The van der Waals surface area contributed by atoms with Crippen molar-refractivity contribution in [1.82, 2.24) is 24.4 Å². The van der Waals surface area contributed by atoms with Gasteiger partial charge in [0.15, 0.2) is 6.10 Å². The molecule has 0 saturated carbocycles. The molecule has 2 aliphatic rings. The standard InChI is InChI=1S/C22H22N6O3/c1-26-20(29)10-18(17-6-7-23-14-24-17)25-22(26)27-8-9-31-19(13-27)21(30)28-11-15-4-2-3-5-16(15)12-28/h2-7,10,14,19H,8-9,11-13H2,1H3. The Hall–Kier alpha value is -3.59. The van der Waals surface area contributed by atoms with Gasteiger partial charge in [-0.3, -0.25) is 14.2 Å². The molecule has 9 heteroatoms. The number of fused-ring (bicyclic) bond motifs is 1. The van der Waals surface area contributed by atoms with E-state index in [9.17, 15) is 9.59 Å². The molecule has 4 heterocycles. The van der Waals surface area contributed by atoms with Crippen LogP contribution in [0.1, 0.15) is 11.1 Å². The van der Waals surface area contributed by atoms with E-state index in [1.807, 2.05) is 21.9 Å². The molecular weight excluding hydrogens is 396 g/mol.